The van der Waals surface area contributed by atoms with Gasteiger partial charge in [-0.2, -0.15) is 0 Å². The molecule has 4 N–H and O–H groups in total. The summed E-state index contributed by atoms with van der Waals surface area (Å²) in [6.45, 7) is 1.69. The summed E-state index contributed by atoms with van der Waals surface area (Å²) in [6, 6.07) is 19.1. The van der Waals surface area contributed by atoms with Crippen LogP contribution in [0.15, 0.2) is 66.7 Å². The number of para-hydroxylation sites is 1. The maximum Gasteiger partial charge on any atom is 0.407 e. The number of carbonyl (C=O) groups is 3. The normalized spacial score (nSPS) is 12.9. The molecule has 0 spiro atoms. The summed E-state index contributed by atoms with van der Waals surface area (Å²) in [7, 11) is 0. The number of amides is 2. The topological polar surface area (TPSA) is 125 Å². The number of anilines is 1. The third-order valence-corrected chi connectivity index (χ3v) is 5.83. The monoisotopic (exact) mass is 460 g/mol. The van der Waals surface area contributed by atoms with Gasteiger partial charge in [0.1, 0.15) is 18.4 Å². The summed E-state index contributed by atoms with van der Waals surface area (Å²) >= 11 is 0. The zero-order chi connectivity index (χ0) is 24.2. The highest BCUT2D eigenvalue weighted by Gasteiger charge is 2.30. The molecule has 0 aliphatic heterocycles. The van der Waals surface area contributed by atoms with E-state index in [1.54, 1.807) is 19.1 Å². The van der Waals surface area contributed by atoms with E-state index in [2.05, 4.69) is 10.6 Å². The number of carboxylic acids is 1. The molecule has 3 aromatic carbocycles. The van der Waals surface area contributed by atoms with Gasteiger partial charge in [0, 0.05) is 5.92 Å². The molecule has 1 unspecified atom stereocenters. The Labute approximate surface area is 196 Å². The van der Waals surface area contributed by atoms with Crippen LogP contribution >= 0.6 is 0 Å². The van der Waals surface area contributed by atoms with E-state index >= 15 is 0 Å². The number of carboxylic acid groups (broad SMARTS) is 1. The summed E-state index contributed by atoms with van der Waals surface area (Å²) in [5, 5.41) is 24.1. The largest absolute Gasteiger partial charge is 0.505 e. The number of hydrogen-bond acceptors (Lipinski definition) is 5. The molecule has 0 fully saturated rings. The number of phenols is 1. The van der Waals surface area contributed by atoms with Gasteiger partial charge in [-0.25, -0.2) is 4.79 Å². The molecule has 34 heavy (non-hydrogen) atoms. The van der Waals surface area contributed by atoms with Crippen molar-refractivity contribution in [3.63, 3.8) is 0 Å². The maximum absolute atomic E-state index is 12.7. The number of ether oxygens (including phenoxy) is 1. The van der Waals surface area contributed by atoms with Crippen LogP contribution in [0.1, 0.15) is 29.0 Å². The zero-order valence-electron chi connectivity index (χ0n) is 18.4. The molecule has 0 saturated carbocycles. The molecule has 1 aliphatic carbocycles. The van der Waals surface area contributed by atoms with Crippen molar-refractivity contribution in [3.05, 3.63) is 83.4 Å². The van der Waals surface area contributed by atoms with Crippen molar-refractivity contribution in [2.75, 3.05) is 11.9 Å². The summed E-state index contributed by atoms with van der Waals surface area (Å²) in [5.74, 6) is -2.36. The molecular formula is C26H24N2O6. The van der Waals surface area contributed by atoms with Crippen molar-refractivity contribution in [2.24, 2.45) is 0 Å². The number of alkyl carbamates (subject to hydrolysis) is 1. The fraction of sp³-hybridized carbons (Fsp3) is 0.192. The van der Waals surface area contributed by atoms with E-state index in [4.69, 9.17) is 4.74 Å². The van der Waals surface area contributed by atoms with Gasteiger partial charge < -0.3 is 25.6 Å². The summed E-state index contributed by atoms with van der Waals surface area (Å²) in [5.41, 5.74) is 4.88. The Bertz CT molecular complexity index is 1210. The Morgan fingerprint density at radius 1 is 0.941 bits per heavy atom. The van der Waals surface area contributed by atoms with Crippen molar-refractivity contribution >= 4 is 23.7 Å². The van der Waals surface area contributed by atoms with E-state index in [-0.39, 0.29) is 24.0 Å². The lowest BCUT2D eigenvalue weighted by molar-refractivity contribution is -0.139. The summed E-state index contributed by atoms with van der Waals surface area (Å²) in [4.78, 5) is 36.5. The van der Waals surface area contributed by atoms with Gasteiger partial charge in [0.05, 0.1) is 12.1 Å². The number of carbonyl (C=O) groups excluding carboxylic acids is 2. The number of rotatable bonds is 7. The van der Waals surface area contributed by atoms with E-state index in [0.717, 1.165) is 22.3 Å². The minimum atomic E-state index is -1.40. The number of aryl methyl sites for hydroxylation is 1. The van der Waals surface area contributed by atoms with Gasteiger partial charge in [0.25, 0.3) is 0 Å². The van der Waals surface area contributed by atoms with Gasteiger partial charge >= 0.3 is 12.1 Å². The van der Waals surface area contributed by atoms with Crippen LogP contribution in [0.3, 0.4) is 0 Å². The summed E-state index contributed by atoms with van der Waals surface area (Å²) in [6.07, 6.45) is -1.56. The molecular weight excluding hydrogens is 436 g/mol. The van der Waals surface area contributed by atoms with Gasteiger partial charge in [-0.1, -0.05) is 60.7 Å². The lowest BCUT2D eigenvalue weighted by Crippen LogP contribution is -2.45. The van der Waals surface area contributed by atoms with Crippen LogP contribution in [-0.2, 0) is 14.3 Å². The van der Waals surface area contributed by atoms with Gasteiger partial charge in [-0.15, -0.1) is 0 Å². The Hall–Kier alpha value is -4.33. The van der Waals surface area contributed by atoms with E-state index in [1.807, 2.05) is 48.5 Å². The van der Waals surface area contributed by atoms with Crippen LogP contribution in [0.4, 0.5) is 10.5 Å². The molecule has 0 radical (unpaired) electrons. The smallest absolute Gasteiger partial charge is 0.407 e. The lowest BCUT2D eigenvalue weighted by Gasteiger charge is -2.19. The molecule has 0 heterocycles. The first-order valence-electron chi connectivity index (χ1n) is 10.8. The number of nitrogens with one attached hydrogen (secondary N) is 2. The second-order valence-corrected chi connectivity index (χ2v) is 8.08. The Balaban J connectivity index is 1.44. The number of fused-ring (bicyclic) bond motifs is 3. The average Bonchev–Trinajstić information content (AvgIpc) is 3.14. The van der Waals surface area contributed by atoms with E-state index in [0.29, 0.717) is 5.56 Å². The molecule has 2 amide bonds. The molecule has 1 atom stereocenters. The Morgan fingerprint density at radius 2 is 1.56 bits per heavy atom. The lowest BCUT2D eigenvalue weighted by atomic mass is 9.98. The van der Waals surface area contributed by atoms with Crippen LogP contribution < -0.4 is 10.6 Å². The average molecular weight is 460 g/mol. The third kappa shape index (κ3) is 4.71. The predicted molar refractivity (Wildman–Crippen MR) is 126 cm³/mol. The molecule has 0 bridgehead atoms. The highest BCUT2D eigenvalue weighted by atomic mass is 16.5. The van der Waals surface area contributed by atoms with Crippen LogP contribution in [0.5, 0.6) is 5.75 Å². The quantitative estimate of drug-likeness (QED) is 0.395. The molecule has 0 saturated heterocycles. The van der Waals surface area contributed by atoms with Crippen molar-refractivity contribution in [3.8, 4) is 16.9 Å². The van der Waals surface area contributed by atoms with E-state index < -0.39 is 30.4 Å². The second kappa shape index (κ2) is 9.66. The first-order valence-corrected chi connectivity index (χ1v) is 10.8. The molecule has 8 heteroatoms. The number of hydrogen-bond donors (Lipinski definition) is 4. The maximum atomic E-state index is 12.7. The van der Waals surface area contributed by atoms with Crippen LogP contribution in [0.2, 0.25) is 0 Å². The van der Waals surface area contributed by atoms with Crippen molar-refractivity contribution in [1.29, 1.82) is 0 Å². The molecule has 0 aromatic heterocycles. The van der Waals surface area contributed by atoms with Gasteiger partial charge in [-0.3, -0.25) is 9.59 Å². The Morgan fingerprint density at radius 3 is 2.18 bits per heavy atom. The summed E-state index contributed by atoms with van der Waals surface area (Å²) < 4.78 is 5.42. The highest BCUT2D eigenvalue weighted by Crippen LogP contribution is 2.44. The minimum absolute atomic E-state index is 0.0277. The Kier molecular flexibility index (Phi) is 6.49. The molecule has 3 aromatic rings. The first-order chi connectivity index (χ1) is 16.3. The van der Waals surface area contributed by atoms with Crippen molar-refractivity contribution < 1.29 is 29.3 Å². The zero-order valence-corrected chi connectivity index (χ0v) is 18.4. The number of benzene rings is 3. The number of aliphatic carboxylic acids is 1. The van der Waals surface area contributed by atoms with Gasteiger partial charge in [0.2, 0.25) is 5.91 Å². The van der Waals surface area contributed by atoms with Crippen molar-refractivity contribution in [2.45, 2.75) is 25.3 Å². The third-order valence-electron chi connectivity index (χ3n) is 5.83. The first kappa shape index (κ1) is 22.8. The molecule has 4 rings (SSSR count). The predicted octanol–water partition coefficient (Wildman–Crippen LogP) is 4.02. The SMILES string of the molecule is Cc1cccc(NC(=O)C(CC(=O)O)NC(=O)OCC2c3ccccc3-c3ccccc32)c1O. The molecule has 1 aliphatic rings. The molecule has 8 nitrogen and oxygen atoms in total. The molecule has 174 valence electrons. The van der Waals surface area contributed by atoms with Gasteiger partial charge in [0.15, 0.2) is 0 Å². The standard InChI is InChI=1S/C26H24N2O6/c1-15-7-6-12-21(24(15)31)27-25(32)22(13-23(29)30)28-26(33)34-14-20-18-10-4-2-8-16(18)17-9-3-5-11-19(17)20/h2-12,20,22,31H,13-14H2,1H3,(H,27,32)(H,28,33)(H,29,30). The van der Waals surface area contributed by atoms with E-state index in [9.17, 15) is 24.6 Å². The van der Waals surface area contributed by atoms with Gasteiger partial charge in [-0.05, 0) is 40.8 Å². The fourth-order valence-corrected chi connectivity index (χ4v) is 4.15. The van der Waals surface area contributed by atoms with E-state index in [1.165, 1.54) is 6.07 Å². The van der Waals surface area contributed by atoms with Crippen molar-refractivity contribution in [1.82, 2.24) is 5.32 Å². The van der Waals surface area contributed by atoms with Crippen LogP contribution in [0, 0.1) is 6.92 Å². The number of phenolic OH excluding ortho intramolecular Hbond substituents is 1. The minimum Gasteiger partial charge on any atom is -0.505 e. The van der Waals surface area contributed by atoms with Crippen LogP contribution in [0.25, 0.3) is 11.1 Å². The fourth-order valence-electron chi connectivity index (χ4n) is 4.15. The second-order valence-electron chi connectivity index (χ2n) is 8.08. The van der Waals surface area contributed by atoms with Crippen LogP contribution in [-0.4, -0.2) is 40.8 Å². The highest BCUT2D eigenvalue weighted by molar-refractivity contribution is 5.99. The number of aromatic hydroxyl groups is 1.